The molecule has 30 heavy (non-hydrogen) atoms. The van der Waals surface area contributed by atoms with Gasteiger partial charge in [0.1, 0.15) is 23.6 Å². The molecule has 2 aromatic rings. The summed E-state index contributed by atoms with van der Waals surface area (Å²) in [5.41, 5.74) is 3.02. The van der Waals surface area contributed by atoms with Crippen LogP contribution in [0.15, 0.2) is 36.4 Å². The number of ether oxygens (including phenoxy) is 2. The van der Waals surface area contributed by atoms with E-state index in [1.807, 2.05) is 50.2 Å². The molecule has 1 aliphatic carbocycles. The summed E-state index contributed by atoms with van der Waals surface area (Å²) in [5.74, 6) is 0.564. The number of nitrogens with zero attached hydrogens (tertiary/aromatic N) is 1. The van der Waals surface area contributed by atoms with Crippen LogP contribution in [0.3, 0.4) is 0 Å². The first kappa shape index (κ1) is 20.8. The summed E-state index contributed by atoms with van der Waals surface area (Å²) in [7, 11) is 0. The third-order valence-corrected chi connectivity index (χ3v) is 6.38. The molecule has 2 aliphatic rings. The SMILES string of the molecule is CCOc1ccc(Cc2cc3c(cc2C#N)CO[C@]32C[C@H](C)[C@@H](O)[C@H](O)[C@H]2O)cc1. The zero-order valence-corrected chi connectivity index (χ0v) is 17.2. The lowest BCUT2D eigenvalue weighted by atomic mass is 9.69. The van der Waals surface area contributed by atoms with Gasteiger partial charge < -0.3 is 24.8 Å². The van der Waals surface area contributed by atoms with Gasteiger partial charge in [0.2, 0.25) is 0 Å². The van der Waals surface area contributed by atoms with Gasteiger partial charge in [-0.05, 0) is 66.1 Å². The van der Waals surface area contributed by atoms with Crippen LogP contribution < -0.4 is 4.74 Å². The molecule has 0 aromatic heterocycles. The van der Waals surface area contributed by atoms with Crippen molar-refractivity contribution in [1.29, 1.82) is 5.26 Å². The lowest BCUT2D eigenvalue weighted by Gasteiger charge is -2.46. The molecule has 1 saturated carbocycles. The molecule has 0 amide bonds. The standard InChI is InChI=1S/C24H27NO5/c1-3-29-19-6-4-15(5-7-19)8-16-10-20-18(9-17(16)12-25)13-30-24(20)11-14(2)21(26)22(27)23(24)28/h4-7,9-10,14,21-23,26-28H,3,8,11,13H2,1-2H3/t14-,21+,22-,23+,24+/m0/s1. The fraction of sp³-hybridized carbons (Fsp3) is 0.458. The molecule has 158 valence electrons. The predicted octanol–water partition coefficient (Wildman–Crippen LogP) is 2.40. The summed E-state index contributed by atoms with van der Waals surface area (Å²) in [5, 5.41) is 41.1. The summed E-state index contributed by atoms with van der Waals surface area (Å²) in [6.07, 6.45) is -2.58. The van der Waals surface area contributed by atoms with Gasteiger partial charge in [0.05, 0.1) is 31.0 Å². The van der Waals surface area contributed by atoms with Gasteiger partial charge in [-0.15, -0.1) is 0 Å². The van der Waals surface area contributed by atoms with Gasteiger partial charge in [0.15, 0.2) is 0 Å². The van der Waals surface area contributed by atoms with Gasteiger partial charge in [-0.3, -0.25) is 0 Å². The average molecular weight is 409 g/mol. The lowest BCUT2D eigenvalue weighted by Crippen LogP contribution is -2.58. The second-order valence-corrected chi connectivity index (χ2v) is 8.32. The largest absolute Gasteiger partial charge is 0.494 e. The fourth-order valence-electron chi connectivity index (χ4n) is 4.76. The van der Waals surface area contributed by atoms with E-state index in [1.165, 1.54) is 0 Å². The van der Waals surface area contributed by atoms with Crippen molar-refractivity contribution in [3.8, 4) is 11.8 Å². The van der Waals surface area contributed by atoms with E-state index in [2.05, 4.69) is 6.07 Å². The van der Waals surface area contributed by atoms with Gasteiger partial charge >= 0.3 is 0 Å². The van der Waals surface area contributed by atoms with E-state index >= 15 is 0 Å². The number of aliphatic hydroxyl groups excluding tert-OH is 3. The van der Waals surface area contributed by atoms with Crippen molar-refractivity contribution < 1.29 is 24.8 Å². The quantitative estimate of drug-likeness (QED) is 0.717. The first-order valence-corrected chi connectivity index (χ1v) is 10.4. The van der Waals surface area contributed by atoms with Crippen LogP contribution >= 0.6 is 0 Å². The second-order valence-electron chi connectivity index (χ2n) is 8.32. The molecule has 6 heteroatoms. The Morgan fingerprint density at radius 1 is 1.17 bits per heavy atom. The summed E-state index contributed by atoms with van der Waals surface area (Å²) in [6.45, 7) is 4.64. The smallest absolute Gasteiger partial charge is 0.123 e. The molecule has 1 heterocycles. The Labute approximate surface area is 176 Å². The summed E-state index contributed by atoms with van der Waals surface area (Å²) < 4.78 is 11.5. The number of benzene rings is 2. The molecule has 2 aromatic carbocycles. The van der Waals surface area contributed by atoms with Crippen LogP contribution in [0.1, 0.15) is 48.1 Å². The summed E-state index contributed by atoms with van der Waals surface area (Å²) in [4.78, 5) is 0. The van der Waals surface area contributed by atoms with Gasteiger partial charge in [0, 0.05) is 0 Å². The van der Waals surface area contributed by atoms with E-state index in [-0.39, 0.29) is 12.5 Å². The van der Waals surface area contributed by atoms with E-state index in [9.17, 15) is 20.6 Å². The highest BCUT2D eigenvalue weighted by molar-refractivity contribution is 5.50. The predicted molar refractivity (Wildman–Crippen MR) is 110 cm³/mol. The van der Waals surface area contributed by atoms with Crippen LogP contribution in [0.4, 0.5) is 0 Å². The first-order chi connectivity index (χ1) is 14.4. The highest BCUT2D eigenvalue weighted by Gasteiger charge is 2.55. The Morgan fingerprint density at radius 3 is 2.57 bits per heavy atom. The topological polar surface area (TPSA) is 103 Å². The second kappa shape index (κ2) is 8.01. The van der Waals surface area contributed by atoms with E-state index in [0.717, 1.165) is 28.0 Å². The molecule has 1 spiro atoms. The Hall–Kier alpha value is -2.43. The van der Waals surface area contributed by atoms with Crippen LogP contribution in [0, 0.1) is 17.2 Å². The Bertz CT molecular complexity index is 967. The van der Waals surface area contributed by atoms with Crippen LogP contribution in [-0.2, 0) is 23.4 Å². The molecule has 0 radical (unpaired) electrons. The van der Waals surface area contributed by atoms with Crippen molar-refractivity contribution in [1.82, 2.24) is 0 Å². The maximum atomic E-state index is 10.8. The summed E-state index contributed by atoms with van der Waals surface area (Å²) in [6, 6.07) is 13.8. The average Bonchev–Trinajstić information content (AvgIpc) is 3.10. The molecular weight excluding hydrogens is 382 g/mol. The first-order valence-electron chi connectivity index (χ1n) is 10.4. The number of nitriles is 1. The van der Waals surface area contributed by atoms with Crippen molar-refractivity contribution in [3.05, 3.63) is 64.2 Å². The van der Waals surface area contributed by atoms with Crippen molar-refractivity contribution in [2.24, 2.45) is 5.92 Å². The van der Waals surface area contributed by atoms with Crippen LogP contribution in [0.25, 0.3) is 0 Å². The maximum absolute atomic E-state index is 10.8. The van der Waals surface area contributed by atoms with Gasteiger partial charge in [-0.2, -0.15) is 5.26 Å². The molecule has 6 nitrogen and oxygen atoms in total. The highest BCUT2D eigenvalue weighted by Crippen LogP contribution is 2.49. The maximum Gasteiger partial charge on any atom is 0.123 e. The van der Waals surface area contributed by atoms with E-state index in [1.54, 1.807) is 0 Å². The highest BCUT2D eigenvalue weighted by atomic mass is 16.5. The molecule has 5 atom stereocenters. The number of aliphatic hydroxyl groups is 3. The minimum atomic E-state index is -1.29. The third kappa shape index (κ3) is 3.38. The number of rotatable bonds is 4. The summed E-state index contributed by atoms with van der Waals surface area (Å²) >= 11 is 0. The Balaban J connectivity index is 1.71. The van der Waals surface area contributed by atoms with Crippen molar-refractivity contribution in [3.63, 3.8) is 0 Å². The molecule has 1 aliphatic heterocycles. The fourth-order valence-corrected chi connectivity index (χ4v) is 4.76. The van der Waals surface area contributed by atoms with Gasteiger partial charge in [0.25, 0.3) is 0 Å². The van der Waals surface area contributed by atoms with Crippen LogP contribution in [0.2, 0.25) is 0 Å². The monoisotopic (exact) mass is 409 g/mol. The minimum absolute atomic E-state index is 0.237. The molecule has 0 bridgehead atoms. The molecule has 0 unspecified atom stereocenters. The lowest BCUT2D eigenvalue weighted by molar-refractivity contribution is -0.222. The van der Waals surface area contributed by atoms with E-state index in [4.69, 9.17) is 9.47 Å². The van der Waals surface area contributed by atoms with E-state index < -0.39 is 23.9 Å². The van der Waals surface area contributed by atoms with Crippen molar-refractivity contribution >= 4 is 0 Å². The van der Waals surface area contributed by atoms with E-state index in [0.29, 0.717) is 25.0 Å². The molecule has 0 saturated heterocycles. The van der Waals surface area contributed by atoms with Crippen LogP contribution in [-0.4, -0.2) is 40.2 Å². The zero-order valence-electron chi connectivity index (χ0n) is 17.2. The third-order valence-electron chi connectivity index (χ3n) is 6.38. The number of hydrogen-bond acceptors (Lipinski definition) is 6. The minimum Gasteiger partial charge on any atom is -0.494 e. The molecule has 4 rings (SSSR count). The normalized spacial score (nSPS) is 30.1. The van der Waals surface area contributed by atoms with Crippen LogP contribution in [0.5, 0.6) is 5.75 Å². The van der Waals surface area contributed by atoms with Gasteiger partial charge in [-0.25, -0.2) is 0 Å². The van der Waals surface area contributed by atoms with Crippen molar-refractivity contribution in [2.45, 2.75) is 57.2 Å². The zero-order chi connectivity index (χ0) is 21.5. The Morgan fingerprint density at radius 2 is 1.90 bits per heavy atom. The Kier molecular flexibility index (Phi) is 5.56. The molecular formula is C24H27NO5. The van der Waals surface area contributed by atoms with Crippen molar-refractivity contribution in [2.75, 3.05) is 6.61 Å². The van der Waals surface area contributed by atoms with Gasteiger partial charge in [-0.1, -0.05) is 25.1 Å². The number of hydrogen-bond donors (Lipinski definition) is 3. The molecule has 1 fully saturated rings. The molecule has 3 N–H and O–H groups in total. The number of fused-ring (bicyclic) bond motifs is 2.